The van der Waals surface area contributed by atoms with Crippen molar-refractivity contribution in [3.05, 3.63) is 18.2 Å². The first-order valence-electron chi connectivity index (χ1n) is 9.84. The number of nitrogens with zero attached hydrogens (tertiary/aromatic N) is 1. The second-order valence-electron chi connectivity index (χ2n) is 6.80. The molecule has 0 aromatic heterocycles. The van der Waals surface area contributed by atoms with Crippen molar-refractivity contribution in [2.75, 3.05) is 51.4 Å². The van der Waals surface area contributed by atoms with Crippen LogP contribution in [0.5, 0.6) is 11.5 Å². The van der Waals surface area contributed by atoms with Crippen LogP contribution in [-0.2, 0) is 14.3 Å². The highest BCUT2D eigenvalue weighted by Crippen LogP contribution is 2.30. The Bertz CT molecular complexity index is 610. The molecule has 2 fully saturated rings. The maximum atomic E-state index is 12.5. The van der Waals surface area contributed by atoms with Gasteiger partial charge in [0.15, 0.2) is 6.29 Å². The zero-order valence-electron chi connectivity index (χ0n) is 16.2. The first kappa shape index (κ1) is 19.9. The smallest absolute Gasteiger partial charge is 0.238 e. The van der Waals surface area contributed by atoms with Gasteiger partial charge in [-0.1, -0.05) is 0 Å². The van der Waals surface area contributed by atoms with Crippen molar-refractivity contribution in [1.82, 2.24) is 4.90 Å². The van der Waals surface area contributed by atoms with E-state index in [9.17, 15) is 4.79 Å². The SMILES string of the molecule is CCOc1ccc(OCC)c(NC(=O)CN2CCC(C3OCCO3)CC2)c1. The second kappa shape index (κ2) is 9.92. The molecule has 0 radical (unpaired) electrons. The van der Waals surface area contributed by atoms with Crippen LogP contribution >= 0.6 is 0 Å². The minimum Gasteiger partial charge on any atom is -0.494 e. The van der Waals surface area contributed by atoms with Gasteiger partial charge in [-0.05, 0) is 51.9 Å². The highest BCUT2D eigenvalue weighted by molar-refractivity contribution is 5.94. The van der Waals surface area contributed by atoms with Crippen LogP contribution in [0.1, 0.15) is 26.7 Å². The molecular formula is C20H30N2O5. The van der Waals surface area contributed by atoms with Gasteiger partial charge in [0.25, 0.3) is 0 Å². The molecule has 0 atom stereocenters. The number of rotatable bonds is 8. The van der Waals surface area contributed by atoms with Gasteiger partial charge in [-0.15, -0.1) is 0 Å². The van der Waals surface area contributed by atoms with Crippen molar-refractivity contribution >= 4 is 11.6 Å². The molecule has 0 unspecified atom stereocenters. The summed E-state index contributed by atoms with van der Waals surface area (Å²) < 4.78 is 22.4. The molecule has 2 saturated heterocycles. The zero-order chi connectivity index (χ0) is 19.1. The summed E-state index contributed by atoms with van der Waals surface area (Å²) in [6.07, 6.45) is 1.92. The summed E-state index contributed by atoms with van der Waals surface area (Å²) in [6, 6.07) is 5.49. The number of piperidine rings is 1. The topological polar surface area (TPSA) is 69.3 Å². The maximum absolute atomic E-state index is 12.5. The van der Waals surface area contributed by atoms with E-state index < -0.39 is 0 Å². The average molecular weight is 378 g/mol. The van der Waals surface area contributed by atoms with Crippen molar-refractivity contribution in [3.63, 3.8) is 0 Å². The third kappa shape index (κ3) is 5.57. The minimum atomic E-state index is -0.0592. The highest BCUT2D eigenvalue weighted by atomic mass is 16.7. The minimum absolute atomic E-state index is 0.0450. The van der Waals surface area contributed by atoms with Crippen LogP contribution in [-0.4, -0.2) is 63.2 Å². The number of anilines is 1. The van der Waals surface area contributed by atoms with Crippen molar-refractivity contribution in [3.8, 4) is 11.5 Å². The van der Waals surface area contributed by atoms with Gasteiger partial charge in [-0.25, -0.2) is 0 Å². The lowest BCUT2D eigenvalue weighted by Crippen LogP contribution is -2.41. The van der Waals surface area contributed by atoms with E-state index in [1.165, 1.54) is 0 Å². The molecule has 2 heterocycles. The molecule has 7 heteroatoms. The molecule has 0 bridgehead atoms. The molecule has 1 N–H and O–H groups in total. The first-order valence-corrected chi connectivity index (χ1v) is 9.84. The number of benzene rings is 1. The summed E-state index contributed by atoms with van der Waals surface area (Å²) >= 11 is 0. The van der Waals surface area contributed by atoms with Crippen LogP contribution in [0.3, 0.4) is 0 Å². The van der Waals surface area contributed by atoms with E-state index in [0.717, 1.165) is 25.9 Å². The Hall–Kier alpha value is -1.83. The lowest BCUT2D eigenvalue weighted by Gasteiger charge is -2.33. The summed E-state index contributed by atoms with van der Waals surface area (Å²) in [5.41, 5.74) is 0.649. The van der Waals surface area contributed by atoms with Crippen LogP contribution in [0.15, 0.2) is 18.2 Å². The van der Waals surface area contributed by atoms with Crippen LogP contribution < -0.4 is 14.8 Å². The predicted molar refractivity (Wildman–Crippen MR) is 102 cm³/mol. The Balaban J connectivity index is 1.52. The molecule has 0 aliphatic carbocycles. The molecule has 1 aromatic rings. The van der Waals surface area contributed by atoms with Gasteiger partial charge in [0.2, 0.25) is 5.91 Å². The number of hydrogen-bond acceptors (Lipinski definition) is 6. The lowest BCUT2D eigenvalue weighted by molar-refractivity contribution is -0.119. The molecule has 7 nitrogen and oxygen atoms in total. The molecule has 150 valence electrons. The number of likely N-dealkylation sites (tertiary alicyclic amines) is 1. The van der Waals surface area contributed by atoms with E-state index in [2.05, 4.69) is 10.2 Å². The summed E-state index contributed by atoms with van der Waals surface area (Å²) in [4.78, 5) is 14.7. The van der Waals surface area contributed by atoms with E-state index in [1.54, 1.807) is 0 Å². The van der Waals surface area contributed by atoms with E-state index in [0.29, 0.717) is 56.1 Å². The molecule has 1 amide bonds. The normalized spacial score (nSPS) is 19.2. The predicted octanol–water partition coefficient (Wildman–Crippen LogP) is 2.51. The van der Waals surface area contributed by atoms with Gasteiger partial charge in [0.05, 0.1) is 38.7 Å². The zero-order valence-corrected chi connectivity index (χ0v) is 16.2. The third-order valence-electron chi connectivity index (χ3n) is 4.87. The van der Waals surface area contributed by atoms with Crippen LogP contribution in [0, 0.1) is 5.92 Å². The molecule has 0 saturated carbocycles. The van der Waals surface area contributed by atoms with Gasteiger partial charge in [0.1, 0.15) is 11.5 Å². The molecular weight excluding hydrogens is 348 g/mol. The van der Waals surface area contributed by atoms with E-state index in [4.69, 9.17) is 18.9 Å². The maximum Gasteiger partial charge on any atom is 0.238 e. The third-order valence-corrected chi connectivity index (χ3v) is 4.87. The van der Waals surface area contributed by atoms with Crippen molar-refractivity contribution < 1.29 is 23.7 Å². The van der Waals surface area contributed by atoms with Gasteiger partial charge in [-0.2, -0.15) is 0 Å². The van der Waals surface area contributed by atoms with E-state index in [-0.39, 0.29) is 12.2 Å². The van der Waals surface area contributed by atoms with Crippen molar-refractivity contribution in [2.24, 2.45) is 5.92 Å². The van der Waals surface area contributed by atoms with Gasteiger partial charge in [0, 0.05) is 12.0 Å². The molecule has 0 spiro atoms. The lowest BCUT2D eigenvalue weighted by atomic mass is 9.96. The second-order valence-corrected chi connectivity index (χ2v) is 6.80. The molecule has 2 aliphatic rings. The van der Waals surface area contributed by atoms with Crippen LogP contribution in [0.2, 0.25) is 0 Å². The van der Waals surface area contributed by atoms with Crippen molar-refractivity contribution in [2.45, 2.75) is 33.0 Å². The largest absolute Gasteiger partial charge is 0.494 e. The number of carbonyl (C=O) groups is 1. The fourth-order valence-electron chi connectivity index (χ4n) is 3.57. The molecule has 3 rings (SSSR count). The Labute approximate surface area is 160 Å². The number of amides is 1. The Kier molecular flexibility index (Phi) is 7.32. The van der Waals surface area contributed by atoms with Crippen molar-refractivity contribution in [1.29, 1.82) is 0 Å². The Morgan fingerprint density at radius 3 is 2.52 bits per heavy atom. The monoisotopic (exact) mass is 378 g/mol. The molecule has 2 aliphatic heterocycles. The molecule has 1 aromatic carbocycles. The van der Waals surface area contributed by atoms with Gasteiger partial charge < -0.3 is 24.3 Å². The number of ether oxygens (including phenoxy) is 4. The standard InChI is InChI=1S/C20H30N2O5/c1-3-24-16-5-6-18(25-4-2)17(13-16)21-19(23)14-22-9-7-15(8-10-22)20-26-11-12-27-20/h5-6,13,15,20H,3-4,7-12,14H2,1-2H3,(H,21,23). The summed E-state index contributed by atoms with van der Waals surface area (Å²) in [7, 11) is 0. The average Bonchev–Trinajstić information content (AvgIpc) is 3.19. The summed E-state index contributed by atoms with van der Waals surface area (Å²) in [5, 5.41) is 2.97. The van der Waals surface area contributed by atoms with E-state index in [1.807, 2.05) is 32.0 Å². The fourth-order valence-corrected chi connectivity index (χ4v) is 3.57. The van der Waals surface area contributed by atoms with Crippen LogP contribution in [0.25, 0.3) is 0 Å². The summed E-state index contributed by atoms with van der Waals surface area (Å²) in [6.45, 7) is 8.46. The summed E-state index contributed by atoms with van der Waals surface area (Å²) in [5.74, 6) is 1.76. The highest BCUT2D eigenvalue weighted by Gasteiger charge is 2.30. The fraction of sp³-hybridized carbons (Fsp3) is 0.650. The van der Waals surface area contributed by atoms with Crippen LogP contribution in [0.4, 0.5) is 5.69 Å². The Morgan fingerprint density at radius 2 is 1.85 bits per heavy atom. The first-order chi connectivity index (χ1) is 13.2. The number of nitrogens with one attached hydrogen (secondary N) is 1. The quantitative estimate of drug-likeness (QED) is 0.750. The van der Waals surface area contributed by atoms with Gasteiger partial charge in [-0.3, -0.25) is 9.69 Å². The number of carbonyl (C=O) groups excluding carboxylic acids is 1. The number of hydrogen-bond donors (Lipinski definition) is 1. The van der Waals surface area contributed by atoms with Gasteiger partial charge >= 0.3 is 0 Å². The Morgan fingerprint density at radius 1 is 1.15 bits per heavy atom. The van der Waals surface area contributed by atoms with E-state index >= 15 is 0 Å². The molecule has 27 heavy (non-hydrogen) atoms.